The van der Waals surface area contributed by atoms with E-state index in [1.165, 1.54) is 24.4 Å². The fraction of sp³-hybridized carbons (Fsp3) is 0.250. The van der Waals surface area contributed by atoms with Crippen LogP contribution in [0.4, 0.5) is 13.2 Å². The number of halogens is 3. The molecule has 2 heterocycles. The van der Waals surface area contributed by atoms with Crippen molar-refractivity contribution in [2.75, 3.05) is 7.11 Å². The van der Waals surface area contributed by atoms with Gasteiger partial charge in [-0.15, -0.1) is 11.3 Å². The average Bonchev–Trinajstić information content (AvgIpc) is 3.31. The number of ether oxygens (including phenoxy) is 1. The molecule has 2 amide bonds. The summed E-state index contributed by atoms with van der Waals surface area (Å²) in [4.78, 5) is 38.9. The summed E-state index contributed by atoms with van der Waals surface area (Å²) in [6.45, 7) is 1.01. The molecule has 6 nitrogen and oxygen atoms in total. The lowest BCUT2D eigenvalue weighted by Gasteiger charge is -2.32. The van der Waals surface area contributed by atoms with Gasteiger partial charge in [0.1, 0.15) is 5.57 Å². The van der Waals surface area contributed by atoms with E-state index in [0.717, 1.165) is 23.3 Å². The lowest BCUT2D eigenvalue weighted by molar-refractivity contribution is -0.192. The SMILES string of the molecule is COC(=O)C1=C(C)N(Cc2ccccc2)C(=O)C1(NC(=O)c1cccs1)C(F)(F)F. The fourth-order valence-corrected chi connectivity index (χ4v) is 3.94. The predicted molar refractivity (Wildman–Crippen MR) is 102 cm³/mol. The third-order valence-electron chi connectivity index (χ3n) is 4.75. The highest BCUT2D eigenvalue weighted by Gasteiger charge is 2.71. The molecule has 1 aromatic heterocycles. The van der Waals surface area contributed by atoms with Gasteiger partial charge in [0, 0.05) is 5.70 Å². The minimum absolute atomic E-state index is 0.0326. The number of carbonyl (C=O) groups is 3. The number of carbonyl (C=O) groups excluding carboxylic acids is 3. The summed E-state index contributed by atoms with van der Waals surface area (Å²) in [6.07, 6.45) is -5.30. The number of amides is 2. The number of nitrogens with one attached hydrogen (secondary N) is 1. The number of esters is 1. The highest BCUT2D eigenvalue weighted by Crippen LogP contribution is 2.45. The van der Waals surface area contributed by atoms with Crippen LogP contribution in [0.25, 0.3) is 0 Å². The Bertz CT molecular complexity index is 1000. The Balaban J connectivity index is 2.14. The number of thiophene rings is 1. The Morgan fingerprint density at radius 1 is 1.17 bits per heavy atom. The first kappa shape index (κ1) is 21.6. The number of hydrogen-bond acceptors (Lipinski definition) is 5. The number of alkyl halides is 3. The Morgan fingerprint density at radius 3 is 2.37 bits per heavy atom. The van der Waals surface area contributed by atoms with Gasteiger partial charge in [0.15, 0.2) is 0 Å². The van der Waals surface area contributed by atoms with Gasteiger partial charge in [0.2, 0.25) is 0 Å². The number of nitrogens with zero attached hydrogens (tertiary/aromatic N) is 1. The van der Waals surface area contributed by atoms with Gasteiger partial charge in [-0.3, -0.25) is 9.59 Å². The molecule has 3 rings (SSSR count). The molecule has 1 unspecified atom stereocenters. The molecule has 10 heteroatoms. The van der Waals surface area contributed by atoms with E-state index < -0.39 is 35.1 Å². The quantitative estimate of drug-likeness (QED) is 0.728. The van der Waals surface area contributed by atoms with Crippen molar-refractivity contribution in [3.8, 4) is 0 Å². The van der Waals surface area contributed by atoms with Gasteiger partial charge in [0.05, 0.1) is 18.5 Å². The van der Waals surface area contributed by atoms with Gasteiger partial charge in [-0.25, -0.2) is 4.79 Å². The molecule has 0 bridgehead atoms. The van der Waals surface area contributed by atoms with Crippen LogP contribution in [0.3, 0.4) is 0 Å². The molecule has 2 aromatic rings. The molecule has 0 spiro atoms. The van der Waals surface area contributed by atoms with Gasteiger partial charge >= 0.3 is 12.1 Å². The number of allylic oxidation sites excluding steroid dienone is 1. The third-order valence-corrected chi connectivity index (χ3v) is 5.62. The van der Waals surface area contributed by atoms with Crippen LogP contribution in [0.5, 0.6) is 0 Å². The van der Waals surface area contributed by atoms with Crippen LogP contribution in [-0.2, 0) is 20.9 Å². The molecule has 1 aliphatic heterocycles. The molecule has 0 saturated heterocycles. The number of rotatable bonds is 5. The number of hydrogen-bond donors (Lipinski definition) is 1. The number of methoxy groups -OCH3 is 1. The molecule has 1 aromatic carbocycles. The Hall–Kier alpha value is -3.14. The monoisotopic (exact) mass is 438 g/mol. The van der Waals surface area contributed by atoms with Crippen molar-refractivity contribution in [1.29, 1.82) is 0 Å². The van der Waals surface area contributed by atoms with E-state index in [0.29, 0.717) is 5.56 Å². The van der Waals surface area contributed by atoms with Crippen LogP contribution in [0.1, 0.15) is 22.2 Å². The van der Waals surface area contributed by atoms with Crippen molar-refractivity contribution < 1.29 is 32.3 Å². The molecule has 0 saturated carbocycles. The first-order valence-electron chi connectivity index (χ1n) is 8.71. The fourth-order valence-electron chi connectivity index (χ4n) is 3.32. The van der Waals surface area contributed by atoms with Gasteiger partial charge < -0.3 is 15.0 Å². The Morgan fingerprint density at radius 2 is 1.83 bits per heavy atom. The van der Waals surface area contributed by atoms with E-state index in [2.05, 4.69) is 4.74 Å². The first-order valence-corrected chi connectivity index (χ1v) is 9.59. The number of benzene rings is 1. The normalized spacial score (nSPS) is 19.2. The van der Waals surface area contributed by atoms with E-state index in [1.54, 1.807) is 35.6 Å². The van der Waals surface area contributed by atoms with Crippen LogP contribution in [-0.4, -0.2) is 41.5 Å². The molecular formula is C20H17F3N2O4S. The van der Waals surface area contributed by atoms with E-state index in [1.807, 2.05) is 0 Å². The van der Waals surface area contributed by atoms with Gasteiger partial charge in [0.25, 0.3) is 17.4 Å². The molecule has 0 radical (unpaired) electrons. The molecule has 1 atom stereocenters. The largest absolute Gasteiger partial charge is 0.466 e. The van der Waals surface area contributed by atoms with Crippen molar-refractivity contribution >= 4 is 29.1 Å². The van der Waals surface area contributed by atoms with E-state index in [4.69, 9.17) is 0 Å². The average molecular weight is 438 g/mol. The lowest BCUT2D eigenvalue weighted by atomic mass is 9.89. The molecule has 1 aliphatic rings. The van der Waals surface area contributed by atoms with Crippen LogP contribution < -0.4 is 5.32 Å². The molecule has 158 valence electrons. The highest BCUT2D eigenvalue weighted by molar-refractivity contribution is 7.12. The standard InChI is InChI=1S/C20H17F3N2O4S/c1-12-15(17(27)29-2)19(20(21,22)23,24-16(26)14-9-6-10-30-14)18(28)25(12)11-13-7-4-3-5-8-13/h3-10H,11H2,1-2H3,(H,24,26). The lowest BCUT2D eigenvalue weighted by Crippen LogP contribution is -2.66. The summed E-state index contributed by atoms with van der Waals surface area (Å²) in [5.74, 6) is -3.94. The minimum atomic E-state index is -5.30. The predicted octanol–water partition coefficient (Wildman–Crippen LogP) is 3.27. The molecule has 0 fully saturated rings. The zero-order chi connectivity index (χ0) is 22.1. The second-order valence-electron chi connectivity index (χ2n) is 6.51. The summed E-state index contributed by atoms with van der Waals surface area (Å²) < 4.78 is 47.7. The summed E-state index contributed by atoms with van der Waals surface area (Å²) >= 11 is 0.908. The van der Waals surface area contributed by atoms with Crippen molar-refractivity contribution in [2.45, 2.75) is 25.2 Å². The van der Waals surface area contributed by atoms with Crippen LogP contribution in [0.2, 0.25) is 0 Å². The van der Waals surface area contributed by atoms with Crippen molar-refractivity contribution in [3.63, 3.8) is 0 Å². The van der Waals surface area contributed by atoms with Gasteiger partial charge in [-0.05, 0) is 23.9 Å². The zero-order valence-corrected chi connectivity index (χ0v) is 16.8. The summed E-state index contributed by atoms with van der Waals surface area (Å²) in [6, 6.07) is 11.1. The Labute approximate surface area is 173 Å². The smallest absolute Gasteiger partial charge is 0.425 e. The van der Waals surface area contributed by atoms with Crippen LogP contribution >= 0.6 is 11.3 Å². The van der Waals surface area contributed by atoms with E-state index in [9.17, 15) is 27.6 Å². The Kier molecular flexibility index (Phi) is 5.71. The maximum atomic E-state index is 14.4. The van der Waals surface area contributed by atoms with Crippen LogP contribution in [0.15, 0.2) is 59.1 Å². The highest BCUT2D eigenvalue weighted by atomic mass is 32.1. The second kappa shape index (κ2) is 7.94. The summed E-state index contributed by atoms with van der Waals surface area (Å²) in [5.41, 5.74) is -4.19. The topological polar surface area (TPSA) is 75.7 Å². The molecular weight excluding hydrogens is 421 g/mol. The second-order valence-corrected chi connectivity index (χ2v) is 7.46. The van der Waals surface area contributed by atoms with Crippen molar-refractivity contribution in [3.05, 3.63) is 69.6 Å². The van der Waals surface area contributed by atoms with Crippen molar-refractivity contribution in [2.24, 2.45) is 0 Å². The third kappa shape index (κ3) is 3.47. The zero-order valence-electron chi connectivity index (χ0n) is 15.9. The summed E-state index contributed by atoms with van der Waals surface area (Å²) in [5, 5.41) is 3.30. The minimum Gasteiger partial charge on any atom is -0.466 e. The molecule has 30 heavy (non-hydrogen) atoms. The molecule has 0 aliphatic carbocycles. The van der Waals surface area contributed by atoms with Crippen molar-refractivity contribution in [1.82, 2.24) is 10.2 Å². The summed E-state index contributed by atoms with van der Waals surface area (Å²) in [7, 11) is 0.912. The van der Waals surface area contributed by atoms with Gasteiger partial charge in [-0.1, -0.05) is 36.4 Å². The maximum absolute atomic E-state index is 14.4. The molecule has 1 N–H and O–H groups in total. The maximum Gasteiger partial charge on any atom is 0.425 e. The van der Waals surface area contributed by atoms with E-state index >= 15 is 0 Å². The van der Waals surface area contributed by atoms with E-state index in [-0.39, 0.29) is 17.1 Å². The first-order chi connectivity index (χ1) is 14.1. The van der Waals surface area contributed by atoms with Crippen LogP contribution in [0, 0.1) is 0 Å². The van der Waals surface area contributed by atoms with Gasteiger partial charge in [-0.2, -0.15) is 13.2 Å².